The SMILES string of the molecule is CC(C)Oc1nc2nc(C34CCC(C)(C3)OC4)cn2cc1C(=O)Nc1cnn2cccnc12. The highest BCUT2D eigenvalue weighted by molar-refractivity contribution is 6.07. The summed E-state index contributed by atoms with van der Waals surface area (Å²) in [5.41, 5.74) is 2.17. The minimum Gasteiger partial charge on any atom is -0.474 e. The molecule has 4 aromatic rings. The maximum absolute atomic E-state index is 13.3. The molecule has 2 bridgehead atoms. The van der Waals surface area contributed by atoms with E-state index in [0.717, 1.165) is 25.0 Å². The van der Waals surface area contributed by atoms with Gasteiger partial charge in [0.05, 0.1) is 30.2 Å². The van der Waals surface area contributed by atoms with Crippen LogP contribution in [0.3, 0.4) is 0 Å². The average molecular weight is 447 g/mol. The van der Waals surface area contributed by atoms with Gasteiger partial charge in [-0.25, -0.2) is 14.5 Å². The van der Waals surface area contributed by atoms with E-state index in [9.17, 15) is 4.79 Å². The predicted octanol–water partition coefficient (Wildman–Crippen LogP) is 3.02. The zero-order valence-corrected chi connectivity index (χ0v) is 18.8. The van der Waals surface area contributed by atoms with E-state index >= 15 is 0 Å². The van der Waals surface area contributed by atoms with Crippen molar-refractivity contribution in [1.82, 2.24) is 29.0 Å². The van der Waals surface area contributed by atoms with E-state index in [1.54, 1.807) is 39.8 Å². The van der Waals surface area contributed by atoms with E-state index in [4.69, 9.17) is 14.5 Å². The fourth-order valence-electron chi connectivity index (χ4n) is 4.98. The van der Waals surface area contributed by atoms with Gasteiger partial charge in [-0.1, -0.05) is 0 Å². The van der Waals surface area contributed by atoms with Crippen LogP contribution in [0.1, 0.15) is 56.1 Å². The van der Waals surface area contributed by atoms with Crippen molar-refractivity contribution < 1.29 is 14.3 Å². The smallest absolute Gasteiger partial charge is 0.262 e. The molecule has 170 valence electrons. The Morgan fingerprint density at radius 2 is 2.15 bits per heavy atom. The van der Waals surface area contributed by atoms with Gasteiger partial charge in [0.25, 0.3) is 5.91 Å². The first-order chi connectivity index (χ1) is 15.8. The molecule has 2 aliphatic rings. The summed E-state index contributed by atoms with van der Waals surface area (Å²) in [6.07, 6.45) is 11.6. The molecule has 1 saturated heterocycles. The number of amides is 1. The van der Waals surface area contributed by atoms with Crippen LogP contribution in [0, 0.1) is 0 Å². The summed E-state index contributed by atoms with van der Waals surface area (Å²) in [6.45, 7) is 6.63. The van der Waals surface area contributed by atoms with Crippen LogP contribution in [-0.4, -0.2) is 53.2 Å². The van der Waals surface area contributed by atoms with Crippen LogP contribution in [0.2, 0.25) is 0 Å². The highest BCUT2D eigenvalue weighted by Gasteiger charge is 2.55. The van der Waals surface area contributed by atoms with Gasteiger partial charge in [0, 0.05) is 30.2 Å². The van der Waals surface area contributed by atoms with Crippen molar-refractivity contribution in [3.05, 3.63) is 48.3 Å². The molecule has 5 heterocycles. The van der Waals surface area contributed by atoms with E-state index in [0.29, 0.717) is 29.3 Å². The number of anilines is 1. The van der Waals surface area contributed by atoms with Crippen LogP contribution in [0.15, 0.2) is 37.1 Å². The van der Waals surface area contributed by atoms with Crippen LogP contribution in [0.4, 0.5) is 5.69 Å². The number of aromatic nitrogens is 6. The quantitative estimate of drug-likeness (QED) is 0.501. The summed E-state index contributed by atoms with van der Waals surface area (Å²) in [5, 5.41) is 7.12. The number of nitrogens with one attached hydrogen (secondary N) is 1. The minimum absolute atomic E-state index is 0.0669. The molecular weight excluding hydrogens is 422 g/mol. The monoisotopic (exact) mass is 447 g/mol. The number of nitrogens with zero attached hydrogens (tertiary/aromatic N) is 6. The molecule has 10 heteroatoms. The Kier molecular flexibility index (Phi) is 4.25. The Bertz CT molecular complexity index is 1380. The second kappa shape index (κ2) is 6.98. The molecule has 0 aromatic carbocycles. The van der Waals surface area contributed by atoms with E-state index in [-0.39, 0.29) is 28.9 Å². The Hall–Kier alpha value is -3.53. The second-order valence-corrected chi connectivity index (χ2v) is 9.56. The van der Waals surface area contributed by atoms with Crippen LogP contribution in [0.25, 0.3) is 11.4 Å². The summed E-state index contributed by atoms with van der Waals surface area (Å²) >= 11 is 0. The molecule has 2 atom stereocenters. The number of ether oxygens (including phenoxy) is 2. The van der Waals surface area contributed by atoms with Gasteiger partial charge >= 0.3 is 0 Å². The lowest BCUT2D eigenvalue weighted by molar-refractivity contribution is -0.00627. The van der Waals surface area contributed by atoms with Gasteiger partial charge in [-0.2, -0.15) is 10.1 Å². The molecule has 10 nitrogen and oxygen atoms in total. The Morgan fingerprint density at radius 1 is 1.27 bits per heavy atom. The number of hydrogen-bond acceptors (Lipinski definition) is 7. The van der Waals surface area contributed by atoms with Crippen molar-refractivity contribution in [2.45, 2.75) is 57.2 Å². The molecular formula is C23H25N7O3. The third kappa shape index (κ3) is 3.24. The lowest BCUT2D eigenvalue weighted by atomic mass is 9.84. The highest BCUT2D eigenvalue weighted by Crippen LogP contribution is 2.53. The first-order valence-electron chi connectivity index (χ1n) is 11.1. The van der Waals surface area contributed by atoms with E-state index in [1.807, 2.05) is 20.0 Å². The van der Waals surface area contributed by atoms with Crippen molar-refractivity contribution >= 4 is 23.0 Å². The number of carbonyl (C=O) groups excluding carboxylic acids is 1. The molecule has 0 radical (unpaired) electrons. The zero-order valence-electron chi connectivity index (χ0n) is 18.8. The third-order valence-electron chi connectivity index (χ3n) is 6.62. The summed E-state index contributed by atoms with van der Waals surface area (Å²) < 4.78 is 15.4. The van der Waals surface area contributed by atoms with Crippen molar-refractivity contribution in [3.8, 4) is 5.88 Å². The maximum Gasteiger partial charge on any atom is 0.262 e. The first kappa shape index (κ1) is 20.1. The molecule has 6 rings (SSSR count). The van der Waals surface area contributed by atoms with Gasteiger partial charge in [0.2, 0.25) is 11.7 Å². The maximum atomic E-state index is 13.3. The fourth-order valence-corrected chi connectivity index (χ4v) is 4.98. The fraction of sp³-hybridized carbons (Fsp3) is 0.435. The number of fused-ring (bicyclic) bond motifs is 4. The largest absolute Gasteiger partial charge is 0.474 e. The first-order valence-corrected chi connectivity index (χ1v) is 11.1. The van der Waals surface area contributed by atoms with Gasteiger partial charge in [0.1, 0.15) is 11.3 Å². The molecule has 1 amide bonds. The van der Waals surface area contributed by atoms with Crippen molar-refractivity contribution in [3.63, 3.8) is 0 Å². The van der Waals surface area contributed by atoms with Crippen LogP contribution >= 0.6 is 0 Å². The molecule has 1 saturated carbocycles. The lowest BCUT2D eigenvalue weighted by Crippen LogP contribution is -2.26. The number of imidazole rings is 1. The number of carbonyl (C=O) groups is 1. The minimum atomic E-state index is -0.355. The van der Waals surface area contributed by atoms with Gasteiger partial charge in [-0.05, 0) is 46.1 Å². The molecule has 1 aliphatic heterocycles. The molecule has 33 heavy (non-hydrogen) atoms. The van der Waals surface area contributed by atoms with E-state index in [2.05, 4.69) is 27.3 Å². The topological polar surface area (TPSA) is 108 Å². The van der Waals surface area contributed by atoms with Crippen molar-refractivity contribution in [1.29, 1.82) is 0 Å². The van der Waals surface area contributed by atoms with E-state index < -0.39 is 0 Å². The Balaban J connectivity index is 1.39. The van der Waals surface area contributed by atoms with Crippen LogP contribution < -0.4 is 10.1 Å². The average Bonchev–Trinajstić information content (AvgIpc) is 3.54. The normalized spacial score (nSPS) is 24.2. The van der Waals surface area contributed by atoms with Crippen molar-refractivity contribution in [2.75, 3.05) is 11.9 Å². The summed E-state index contributed by atoms with van der Waals surface area (Å²) in [5.74, 6) is 0.393. The van der Waals surface area contributed by atoms with Gasteiger partial charge in [-0.15, -0.1) is 0 Å². The molecule has 2 unspecified atom stereocenters. The Labute approximate surface area is 190 Å². The number of rotatable bonds is 5. The van der Waals surface area contributed by atoms with E-state index in [1.165, 1.54) is 0 Å². The lowest BCUT2D eigenvalue weighted by Gasteiger charge is -2.24. The van der Waals surface area contributed by atoms with Crippen molar-refractivity contribution in [2.24, 2.45) is 0 Å². The molecule has 4 aromatic heterocycles. The zero-order chi connectivity index (χ0) is 22.8. The molecule has 1 N–H and O–H groups in total. The Morgan fingerprint density at radius 3 is 2.88 bits per heavy atom. The van der Waals surface area contributed by atoms with Gasteiger partial charge in [-0.3, -0.25) is 9.20 Å². The van der Waals surface area contributed by atoms with Crippen LogP contribution in [0.5, 0.6) is 5.88 Å². The van der Waals surface area contributed by atoms with Crippen LogP contribution in [-0.2, 0) is 10.2 Å². The summed E-state index contributed by atoms with van der Waals surface area (Å²) in [4.78, 5) is 27.0. The molecule has 2 fully saturated rings. The molecule has 1 aliphatic carbocycles. The molecule has 0 spiro atoms. The summed E-state index contributed by atoms with van der Waals surface area (Å²) in [6, 6.07) is 1.77. The predicted molar refractivity (Wildman–Crippen MR) is 120 cm³/mol. The summed E-state index contributed by atoms with van der Waals surface area (Å²) in [7, 11) is 0. The van der Waals surface area contributed by atoms with Gasteiger partial charge in [0.15, 0.2) is 5.65 Å². The highest BCUT2D eigenvalue weighted by atomic mass is 16.5. The third-order valence-corrected chi connectivity index (χ3v) is 6.62. The van der Waals surface area contributed by atoms with Gasteiger partial charge < -0.3 is 14.8 Å². The second-order valence-electron chi connectivity index (χ2n) is 9.56. The number of hydrogen-bond donors (Lipinski definition) is 1. The standard InChI is InChI=1S/C23H25N7O3/c1-14(2)33-20-15(19(31)26-16-9-25-30-8-4-7-24-18(16)30)10-29-11-17(27-21(29)28-20)23-6-5-22(3,12-23)32-13-23/h4,7-11,14H,5-6,12-13H2,1-3H3,(H,26,31).